The van der Waals surface area contributed by atoms with Crippen LogP contribution in [0.4, 0.5) is 0 Å². The first-order chi connectivity index (χ1) is 6.41. The molecule has 0 bridgehead atoms. The van der Waals surface area contributed by atoms with Crippen molar-refractivity contribution < 1.29 is 22.5 Å². The molecule has 0 heterocycles. The molecule has 3 N–H and O–H groups in total. The first kappa shape index (κ1) is 13.1. The second-order valence-corrected chi connectivity index (χ2v) is 3.98. The molecule has 0 aromatic heterocycles. The lowest BCUT2D eigenvalue weighted by atomic mass is 10.5. The number of hydrogen-bond donors (Lipinski definition) is 2. The van der Waals surface area contributed by atoms with Crippen molar-refractivity contribution in [2.75, 3.05) is 6.54 Å². The molecule has 0 aliphatic rings. The number of carbonyl (C=O) groups excluding carboxylic acids is 1. The van der Waals surface area contributed by atoms with E-state index >= 15 is 0 Å². The lowest BCUT2D eigenvalue weighted by Crippen LogP contribution is -2.25. The molecule has 0 rings (SSSR count). The van der Waals surface area contributed by atoms with E-state index in [1.165, 1.54) is 13.0 Å². The first-order valence-electron chi connectivity index (χ1n) is 3.95. The van der Waals surface area contributed by atoms with E-state index in [-0.39, 0.29) is 13.0 Å². The Morgan fingerprint density at radius 2 is 2.21 bits per heavy atom. The highest BCUT2D eigenvalue weighted by molar-refractivity contribution is 7.86. The molecule has 6 nitrogen and oxygen atoms in total. The van der Waals surface area contributed by atoms with Crippen LogP contribution in [0, 0.1) is 0 Å². The van der Waals surface area contributed by atoms with Crippen LogP contribution in [0.3, 0.4) is 0 Å². The lowest BCUT2D eigenvalue weighted by molar-refractivity contribution is -0.139. The highest BCUT2D eigenvalue weighted by Gasteiger charge is 2.24. The third-order valence-corrected chi connectivity index (χ3v) is 2.40. The quantitative estimate of drug-likeness (QED) is 0.375. The normalized spacial score (nSPS) is 14.2. The zero-order valence-corrected chi connectivity index (χ0v) is 8.53. The van der Waals surface area contributed by atoms with Crippen LogP contribution in [-0.2, 0) is 19.6 Å². The molecule has 1 atom stereocenters. The Morgan fingerprint density at radius 1 is 1.64 bits per heavy atom. The minimum absolute atomic E-state index is 0.0129. The average molecular weight is 223 g/mol. The summed E-state index contributed by atoms with van der Waals surface area (Å²) in [5.74, 6) is -0.847. The van der Waals surface area contributed by atoms with Crippen LogP contribution >= 0.6 is 0 Å². The fourth-order valence-corrected chi connectivity index (χ4v) is 1.33. The summed E-state index contributed by atoms with van der Waals surface area (Å²) >= 11 is 0. The third kappa shape index (κ3) is 4.95. The van der Waals surface area contributed by atoms with Gasteiger partial charge in [-0.05, 0) is 6.42 Å². The highest BCUT2D eigenvalue weighted by Crippen LogP contribution is 2.06. The molecule has 0 fully saturated rings. The van der Waals surface area contributed by atoms with Crippen molar-refractivity contribution in [3.8, 4) is 0 Å². The van der Waals surface area contributed by atoms with E-state index in [9.17, 15) is 13.2 Å². The van der Waals surface area contributed by atoms with Gasteiger partial charge < -0.3 is 10.5 Å². The van der Waals surface area contributed by atoms with E-state index in [2.05, 4.69) is 4.74 Å². The summed E-state index contributed by atoms with van der Waals surface area (Å²) in [6, 6.07) is 0. The molecule has 0 saturated heterocycles. The maximum absolute atomic E-state index is 10.9. The summed E-state index contributed by atoms with van der Waals surface area (Å²) in [5.41, 5.74) is 3.55. The standard InChI is InChI=1S/C7H13NO5S/c1-2-7(14(10,11)12)13-6(9)4-3-5-8/h3-4,7H,2,5,8H2,1H3,(H,10,11,12). The Hall–Kier alpha value is -0.920. The predicted octanol–water partition coefficient (Wildman–Crippen LogP) is -0.332. The number of ether oxygens (including phenoxy) is 1. The number of hydrogen-bond acceptors (Lipinski definition) is 5. The van der Waals surface area contributed by atoms with E-state index < -0.39 is 21.5 Å². The van der Waals surface area contributed by atoms with Crippen molar-refractivity contribution in [1.29, 1.82) is 0 Å². The molecule has 0 amide bonds. The summed E-state index contributed by atoms with van der Waals surface area (Å²) in [7, 11) is -4.34. The summed E-state index contributed by atoms with van der Waals surface area (Å²) in [6.45, 7) is 1.62. The first-order valence-corrected chi connectivity index (χ1v) is 5.45. The zero-order chi connectivity index (χ0) is 11.2. The van der Waals surface area contributed by atoms with Gasteiger partial charge in [-0.1, -0.05) is 13.0 Å². The van der Waals surface area contributed by atoms with Crippen LogP contribution in [0.2, 0.25) is 0 Å². The molecule has 0 aromatic carbocycles. The van der Waals surface area contributed by atoms with Crippen molar-refractivity contribution in [2.45, 2.75) is 18.8 Å². The largest absolute Gasteiger partial charge is 0.440 e. The Labute approximate surface area is 82.5 Å². The van der Waals surface area contributed by atoms with Gasteiger partial charge in [-0.2, -0.15) is 8.42 Å². The summed E-state index contributed by atoms with van der Waals surface area (Å²) in [4.78, 5) is 10.9. The fraction of sp³-hybridized carbons (Fsp3) is 0.571. The molecule has 0 aliphatic carbocycles. The van der Waals surface area contributed by atoms with Crippen LogP contribution < -0.4 is 5.73 Å². The molecular weight excluding hydrogens is 210 g/mol. The van der Waals surface area contributed by atoms with Crippen molar-refractivity contribution >= 4 is 16.1 Å². The van der Waals surface area contributed by atoms with Gasteiger partial charge >= 0.3 is 16.1 Å². The monoisotopic (exact) mass is 223 g/mol. The Bertz CT molecular complexity index is 308. The minimum atomic E-state index is -4.34. The van der Waals surface area contributed by atoms with Crippen LogP contribution in [-0.4, -0.2) is 30.9 Å². The van der Waals surface area contributed by atoms with Crippen molar-refractivity contribution in [1.82, 2.24) is 0 Å². The van der Waals surface area contributed by atoms with E-state index in [0.29, 0.717) is 0 Å². The second-order valence-electron chi connectivity index (χ2n) is 2.43. The molecule has 7 heteroatoms. The lowest BCUT2D eigenvalue weighted by Gasteiger charge is -2.10. The van der Waals surface area contributed by atoms with Gasteiger partial charge in [0.05, 0.1) is 0 Å². The summed E-state index contributed by atoms with van der Waals surface area (Å²) in [6.07, 6.45) is 2.31. The van der Waals surface area contributed by atoms with E-state index in [1.54, 1.807) is 0 Å². The maximum Gasteiger partial charge on any atom is 0.331 e. The molecule has 0 aromatic rings. The molecule has 0 radical (unpaired) electrons. The van der Waals surface area contributed by atoms with E-state index in [1.807, 2.05) is 0 Å². The summed E-state index contributed by atoms with van der Waals surface area (Å²) < 4.78 is 34.2. The van der Waals surface area contributed by atoms with Crippen molar-refractivity contribution in [3.63, 3.8) is 0 Å². The smallest absolute Gasteiger partial charge is 0.331 e. The molecule has 0 aliphatic heterocycles. The molecule has 14 heavy (non-hydrogen) atoms. The average Bonchev–Trinajstić information content (AvgIpc) is 2.08. The number of carbonyl (C=O) groups is 1. The SMILES string of the molecule is CCC(OC(=O)C=CCN)S(=O)(=O)O. The second kappa shape index (κ2) is 5.74. The topological polar surface area (TPSA) is 107 Å². The Balaban J connectivity index is 4.35. The molecular formula is C7H13NO5S. The maximum atomic E-state index is 10.9. The number of nitrogens with two attached hydrogens (primary N) is 1. The predicted molar refractivity (Wildman–Crippen MR) is 49.9 cm³/mol. The zero-order valence-electron chi connectivity index (χ0n) is 7.71. The third-order valence-electron chi connectivity index (χ3n) is 1.30. The van der Waals surface area contributed by atoms with E-state index in [0.717, 1.165) is 6.08 Å². The number of esters is 1. The Kier molecular flexibility index (Phi) is 5.36. The molecule has 1 unspecified atom stereocenters. The highest BCUT2D eigenvalue weighted by atomic mass is 32.2. The van der Waals surface area contributed by atoms with Crippen LogP contribution in [0.1, 0.15) is 13.3 Å². The Morgan fingerprint density at radius 3 is 2.57 bits per heavy atom. The minimum Gasteiger partial charge on any atom is -0.440 e. The molecule has 0 saturated carbocycles. The van der Waals surface area contributed by atoms with Crippen molar-refractivity contribution in [2.24, 2.45) is 5.73 Å². The van der Waals surface area contributed by atoms with Gasteiger partial charge in [0.2, 0.25) is 5.44 Å². The summed E-state index contributed by atoms with van der Waals surface area (Å²) in [5, 5.41) is 0. The van der Waals surface area contributed by atoms with Crippen molar-refractivity contribution in [3.05, 3.63) is 12.2 Å². The van der Waals surface area contributed by atoms with Gasteiger partial charge in [0.25, 0.3) is 0 Å². The molecule has 82 valence electrons. The van der Waals surface area contributed by atoms with Crippen LogP contribution in [0.5, 0.6) is 0 Å². The number of rotatable bonds is 5. The van der Waals surface area contributed by atoms with Gasteiger partial charge in [0.15, 0.2) is 0 Å². The van der Waals surface area contributed by atoms with E-state index in [4.69, 9.17) is 10.3 Å². The van der Waals surface area contributed by atoms with Gasteiger partial charge in [-0.15, -0.1) is 0 Å². The van der Waals surface area contributed by atoms with Crippen LogP contribution in [0.15, 0.2) is 12.2 Å². The van der Waals surface area contributed by atoms with Gasteiger partial charge in [-0.25, -0.2) is 4.79 Å². The van der Waals surface area contributed by atoms with Gasteiger partial charge in [0.1, 0.15) is 0 Å². The fourth-order valence-electron chi connectivity index (χ4n) is 0.688. The molecule has 0 spiro atoms. The van der Waals surface area contributed by atoms with Gasteiger partial charge in [-0.3, -0.25) is 4.55 Å². The van der Waals surface area contributed by atoms with Crippen LogP contribution in [0.25, 0.3) is 0 Å². The van der Waals surface area contributed by atoms with Gasteiger partial charge in [0, 0.05) is 12.6 Å².